The van der Waals surface area contributed by atoms with E-state index in [0.29, 0.717) is 51.1 Å². The molecule has 14 heteroatoms. The molecule has 50 heavy (non-hydrogen) atoms. The maximum Gasteiger partial charge on any atom is 0.229 e. The van der Waals surface area contributed by atoms with Crippen molar-refractivity contribution in [3.8, 4) is 22.9 Å². The van der Waals surface area contributed by atoms with E-state index in [2.05, 4.69) is 66.4 Å². The van der Waals surface area contributed by atoms with Gasteiger partial charge < -0.3 is 34.5 Å². The van der Waals surface area contributed by atoms with Crippen LogP contribution in [0.3, 0.4) is 0 Å². The van der Waals surface area contributed by atoms with Crippen LogP contribution in [-0.4, -0.2) is 110 Å². The average Bonchev–Trinajstić information content (AvgIpc) is 3.13. The highest BCUT2D eigenvalue weighted by molar-refractivity contribution is 7.70. The Hall–Kier alpha value is -3.96. The molecule has 0 aliphatic carbocycles. The second kappa shape index (κ2) is 15.5. The molecule has 0 saturated carbocycles. The molecule has 0 atom stereocenters. The maximum absolute atomic E-state index is 13.5. The second-order valence-electron chi connectivity index (χ2n) is 13.3. The lowest BCUT2D eigenvalue weighted by Gasteiger charge is -2.43. The van der Waals surface area contributed by atoms with E-state index >= 15 is 0 Å². The molecule has 2 aliphatic heterocycles. The number of ether oxygens (including phenoxy) is 2. The van der Waals surface area contributed by atoms with Gasteiger partial charge in [0.05, 0.1) is 44.2 Å². The van der Waals surface area contributed by atoms with E-state index in [9.17, 15) is 4.57 Å². The van der Waals surface area contributed by atoms with Gasteiger partial charge in [-0.25, -0.2) is 15.0 Å². The fraction of sp³-hybridized carbons (Fsp3) is 0.444. The summed E-state index contributed by atoms with van der Waals surface area (Å²) in [6, 6.07) is 10.5. The SMILES string of the molecule is CCc1cc(Nc2ncc(Cl)c(Nc3ccc(-c4ncc(OC)cn4)cc3P(C)(C)=O)n2)c(OC)cc1N1CCC(N2CCN(C)CC2)CC1. The van der Waals surface area contributed by atoms with Crippen LogP contribution in [0, 0.1) is 0 Å². The van der Waals surface area contributed by atoms with E-state index in [1.54, 1.807) is 46.1 Å². The summed E-state index contributed by atoms with van der Waals surface area (Å²) in [6.45, 7) is 12.3. The Morgan fingerprint density at radius 1 is 0.900 bits per heavy atom. The molecule has 266 valence electrons. The summed E-state index contributed by atoms with van der Waals surface area (Å²) in [7, 11) is 2.70. The molecule has 2 aromatic carbocycles. The number of aryl methyl sites for hydroxylation is 1. The Bertz CT molecular complexity index is 1840. The van der Waals surface area contributed by atoms with Crippen molar-refractivity contribution in [3.05, 3.63) is 59.5 Å². The van der Waals surface area contributed by atoms with Crippen molar-refractivity contribution >= 4 is 52.9 Å². The number of anilines is 5. The van der Waals surface area contributed by atoms with Crippen LogP contribution in [0.5, 0.6) is 11.5 Å². The summed E-state index contributed by atoms with van der Waals surface area (Å²) in [5.74, 6) is 2.49. The number of rotatable bonds is 11. The zero-order chi connectivity index (χ0) is 35.4. The molecule has 12 nitrogen and oxygen atoms in total. The summed E-state index contributed by atoms with van der Waals surface area (Å²) >= 11 is 6.60. The fourth-order valence-electron chi connectivity index (χ4n) is 6.67. The number of hydrogen-bond donors (Lipinski definition) is 2. The normalized spacial score (nSPS) is 16.3. The fourth-order valence-corrected chi connectivity index (χ4v) is 7.97. The van der Waals surface area contributed by atoms with Crippen molar-refractivity contribution < 1.29 is 14.0 Å². The van der Waals surface area contributed by atoms with E-state index in [1.165, 1.54) is 11.3 Å². The van der Waals surface area contributed by atoms with Gasteiger partial charge in [0.1, 0.15) is 17.9 Å². The first-order valence-corrected chi connectivity index (χ1v) is 20.0. The van der Waals surface area contributed by atoms with E-state index in [-0.39, 0.29) is 0 Å². The van der Waals surface area contributed by atoms with Crippen LogP contribution >= 0.6 is 18.7 Å². The van der Waals surface area contributed by atoms with Gasteiger partial charge in [0.25, 0.3) is 0 Å². The molecule has 0 radical (unpaired) electrons. The molecule has 6 rings (SSSR count). The number of aromatic nitrogens is 4. The smallest absolute Gasteiger partial charge is 0.229 e. The van der Waals surface area contributed by atoms with E-state index < -0.39 is 7.14 Å². The van der Waals surface area contributed by atoms with Crippen LogP contribution < -0.4 is 30.3 Å². The Morgan fingerprint density at radius 3 is 2.26 bits per heavy atom. The third-order valence-corrected chi connectivity index (χ3v) is 11.4. The minimum absolute atomic E-state index is 0.322. The number of halogens is 1. The van der Waals surface area contributed by atoms with Crippen LogP contribution in [0.2, 0.25) is 5.02 Å². The van der Waals surface area contributed by atoms with Crippen molar-refractivity contribution in [2.24, 2.45) is 0 Å². The molecule has 0 bridgehead atoms. The number of benzene rings is 2. The Kier molecular flexibility index (Phi) is 11.1. The van der Waals surface area contributed by atoms with Gasteiger partial charge in [-0.15, -0.1) is 0 Å². The van der Waals surface area contributed by atoms with Gasteiger partial charge in [-0.2, -0.15) is 4.98 Å². The highest BCUT2D eigenvalue weighted by atomic mass is 35.5. The minimum atomic E-state index is -2.76. The van der Waals surface area contributed by atoms with Crippen LogP contribution in [0.4, 0.5) is 28.8 Å². The van der Waals surface area contributed by atoms with Gasteiger partial charge in [0, 0.05) is 67.9 Å². The first-order valence-electron chi connectivity index (χ1n) is 17.1. The van der Waals surface area contributed by atoms with E-state index in [1.807, 2.05) is 18.2 Å². The lowest BCUT2D eigenvalue weighted by Crippen LogP contribution is -2.52. The Balaban J connectivity index is 1.21. The molecular weight excluding hydrogens is 673 g/mol. The zero-order valence-electron chi connectivity index (χ0n) is 29.7. The van der Waals surface area contributed by atoms with Gasteiger partial charge >= 0.3 is 0 Å². The van der Waals surface area contributed by atoms with Crippen molar-refractivity contribution in [2.75, 3.05) is 89.4 Å². The largest absolute Gasteiger partial charge is 0.494 e. The molecule has 4 heterocycles. The Morgan fingerprint density at radius 2 is 1.62 bits per heavy atom. The summed E-state index contributed by atoms with van der Waals surface area (Å²) in [5, 5.41) is 7.61. The number of piperazine rings is 1. The summed E-state index contributed by atoms with van der Waals surface area (Å²) < 4.78 is 24.6. The number of hydrogen-bond acceptors (Lipinski definition) is 12. The predicted octanol–water partition coefficient (Wildman–Crippen LogP) is 6.12. The number of nitrogens with zero attached hydrogens (tertiary/aromatic N) is 7. The first kappa shape index (κ1) is 35.9. The third kappa shape index (κ3) is 8.15. The highest BCUT2D eigenvalue weighted by Gasteiger charge is 2.28. The van der Waals surface area contributed by atoms with Crippen molar-refractivity contribution in [1.82, 2.24) is 29.7 Å². The predicted molar refractivity (Wildman–Crippen MR) is 203 cm³/mol. The van der Waals surface area contributed by atoms with Gasteiger partial charge in [-0.1, -0.05) is 18.5 Å². The van der Waals surface area contributed by atoms with Crippen molar-refractivity contribution in [3.63, 3.8) is 0 Å². The molecule has 2 saturated heterocycles. The van der Waals surface area contributed by atoms with Crippen LogP contribution in [-0.2, 0) is 11.0 Å². The van der Waals surface area contributed by atoms with Crippen molar-refractivity contribution in [1.29, 1.82) is 0 Å². The highest BCUT2D eigenvalue weighted by Crippen LogP contribution is 2.41. The average molecular weight is 720 g/mol. The third-order valence-electron chi connectivity index (χ3n) is 9.58. The van der Waals surface area contributed by atoms with Crippen LogP contribution in [0.1, 0.15) is 25.3 Å². The topological polar surface area (TPSA) is 121 Å². The molecule has 0 amide bonds. The molecule has 0 unspecified atom stereocenters. The molecule has 2 aromatic heterocycles. The van der Waals surface area contributed by atoms with Crippen molar-refractivity contribution in [2.45, 2.75) is 32.2 Å². The number of likely N-dealkylation sites (N-methyl/N-ethyl adjacent to an activating group) is 1. The van der Waals surface area contributed by atoms with E-state index in [4.69, 9.17) is 26.1 Å². The number of piperidine rings is 1. The number of methoxy groups -OCH3 is 2. The molecule has 2 aliphatic rings. The molecular formula is C36H47ClN9O3P. The van der Waals surface area contributed by atoms with Gasteiger partial charge in [-0.05, 0) is 69.5 Å². The summed E-state index contributed by atoms with van der Waals surface area (Å²) in [5.41, 5.74) is 4.56. The quantitative estimate of drug-likeness (QED) is 0.174. The standard InChI is InChI=1S/C36H47ClN9O3P/c1-7-24-18-30(32(49-4)20-31(24)46-12-10-26(11-13-46)45-16-14-44(2)15-17-45)42-36-40-23-28(37)35(43-36)41-29-9-8-25(19-33(29)50(5,6)47)34-38-21-27(48-3)22-39-34/h8-9,18-23,26H,7,10-17H2,1-6H3,(H2,40,41,42,43). The lowest BCUT2D eigenvalue weighted by atomic mass is 9.99. The lowest BCUT2D eigenvalue weighted by molar-refractivity contribution is 0.0982. The molecule has 0 spiro atoms. The molecule has 2 fully saturated rings. The maximum atomic E-state index is 13.5. The summed E-state index contributed by atoms with van der Waals surface area (Å²) in [4.78, 5) is 25.6. The molecule has 2 N–H and O–H groups in total. The second-order valence-corrected chi connectivity index (χ2v) is 16.9. The van der Waals surface area contributed by atoms with Gasteiger partial charge in [0.2, 0.25) is 5.95 Å². The first-order chi connectivity index (χ1) is 24.1. The Labute approximate surface area is 300 Å². The minimum Gasteiger partial charge on any atom is -0.494 e. The molecule has 4 aromatic rings. The summed E-state index contributed by atoms with van der Waals surface area (Å²) in [6.07, 6.45) is 7.94. The monoisotopic (exact) mass is 719 g/mol. The van der Waals surface area contributed by atoms with E-state index in [0.717, 1.165) is 69.8 Å². The van der Waals surface area contributed by atoms with Crippen LogP contribution in [0.25, 0.3) is 11.4 Å². The number of nitrogens with one attached hydrogen (secondary N) is 2. The van der Waals surface area contributed by atoms with Gasteiger partial charge in [-0.3, -0.25) is 4.90 Å². The van der Waals surface area contributed by atoms with Crippen LogP contribution in [0.15, 0.2) is 48.9 Å². The van der Waals surface area contributed by atoms with Gasteiger partial charge in [0.15, 0.2) is 17.4 Å². The zero-order valence-corrected chi connectivity index (χ0v) is 31.4.